The highest BCUT2D eigenvalue weighted by atomic mass is 16.5. The van der Waals surface area contributed by atoms with Crippen LogP contribution in [-0.2, 0) is 35.2 Å². The molecule has 1 saturated heterocycles. The number of piperidine rings is 1. The van der Waals surface area contributed by atoms with Crippen molar-refractivity contribution in [3.05, 3.63) is 183 Å². The lowest BCUT2D eigenvalue weighted by Crippen LogP contribution is -2.39. The molecule has 1 aliphatic rings. The monoisotopic (exact) mass is 1890 g/mol. The summed E-state index contributed by atoms with van der Waals surface area (Å²) in [7, 11) is 23.5. The molecule has 1 aliphatic heterocycles. The van der Waals surface area contributed by atoms with E-state index < -0.39 is 0 Å². The number of aryl methyl sites for hydroxylation is 5. The fraction of sp³-hybridized carbons (Fsp3) is 0.307. The van der Waals surface area contributed by atoms with E-state index in [1.165, 1.54) is 0 Å². The van der Waals surface area contributed by atoms with Gasteiger partial charge in [-0.25, -0.2) is 49.8 Å². The molecule has 0 saturated carbocycles. The highest BCUT2D eigenvalue weighted by Gasteiger charge is 2.27. The Balaban J connectivity index is 0.000000121. The molecule has 21 heterocycles. The molecule has 0 atom stereocenters. The van der Waals surface area contributed by atoms with Crippen LogP contribution in [0.15, 0.2) is 154 Å². The summed E-state index contributed by atoms with van der Waals surface area (Å²) in [6, 6.07) is 21.6. The van der Waals surface area contributed by atoms with Crippen LogP contribution in [0.25, 0.3) is 165 Å². The maximum Gasteiger partial charge on any atom is 0.183 e. The smallest absolute Gasteiger partial charge is 0.183 e. The normalized spacial score (nSPS) is 12.2. The number of fused-ring (bicyclic) bond motifs is 15. The van der Waals surface area contributed by atoms with E-state index in [2.05, 4.69) is 185 Å². The summed E-state index contributed by atoms with van der Waals surface area (Å²) in [6.45, 7) is 11.3. The molecule has 21 rings (SSSR count). The average Bonchev–Trinajstić information content (AvgIpc) is 1.63. The predicted octanol–water partition coefficient (Wildman–Crippen LogP) is 13.8. The van der Waals surface area contributed by atoms with Gasteiger partial charge in [0.25, 0.3) is 0 Å². The summed E-state index contributed by atoms with van der Waals surface area (Å²) in [5, 5.41) is 88.3. The van der Waals surface area contributed by atoms with Crippen molar-refractivity contribution in [1.29, 1.82) is 26.3 Å². The van der Waals surface area contributed by atoms with Gasteiger partial charge in [-0.15, -0.1) is 0 Å². The van der Waals surface area contributed by atoms with E-state index in [-0.39, 0.29) is 17.1 Å². The van der Waals surface area contributed by atoms with Gasteiger partial charge in [0.2, 0.25) is 0 Å². The summed E-state index contributed by atoms with van der Waals surface area (Å²) < 4.78 is 26.8. The van der Waals surface area contributed by atoms with Crippen molar-refractivity contribution in [3.8, 4) is 103 Å². The van der Waals surface area contributed by atoms with Gasteiger partial charge in [0.15, 0.2) is 45.7 Å². The van der Waals surface area contributed by atoms with Crippen molar-refractivity contribution in [2.45, 2.75) is 51.5 Å². The Kier molecular flexibility index (Phi) is 29.1. The molecule has 0 unspecified atom stereocenters. The number of likely N-dealkylation sites (tertiary alicyclic amines) is 1. The molecule has 0 aromatic carbocycles. The van der Waals surface area contributed by atoms with Crippen LogP contribution in [0.1, 0.15) is 73.9 Å². The van der Waals surface area contributed by atoms with Gasteiger partial charge in [-0.05, 0) is 138 Å². The number of aromatic amines is 5. The van der Waals surface area contributed by atoms with Crippen LogP contribution in [0.4, 0.5) is 11.4 Å². The second kappa shape index (κ2) is 43.0. The predicted molar refractivity (Wildman–Crippen MR) is 543 cm³/mol. The number of rotatable bonds is 28. The molecule has 141 heavy (non-hydrogen) atoms. The molecule has 40 heteroatoms. The second-order valence-corrected chi connectivity index (χ2v) is 35.3. The maximum atomic E-state index is 9.73. The number of hydrogen-bond acceptors (Lipinski definition) is 30. The SMILES string of the molecule is CCN1CCC(Nc2c(C#N)ncc3[nH]c4ncc(-c5cnn(C)c5)cc4c23)CC1.CN(C)CCCNc1c(C#N)ncc2[nH]c3ncc(-c4cnn(C)c4)cc3c12.CN(C)CCCOc1c(C#N)ncc2[nH]c3ncc(-c4cnn(C)c4)cc3c12.CN(C)CCCOc1c(C#N)ncc2[nH]c3ncc(-c4cnn(C)c4)cc3c12.CNCCCOc1c(C#N)ncc2[nH]c3ncc(-c4cnn(C)c4)cc3c12. The number of nitrogens with zero attached hydrogens (tertiary/aromatic N) is 29. The first kappa shape index (κ1) is 95.5. The molecular weight excluding hydrogens is 1780 g/mol. The Bertz CT molecular complexity index is 7700. The topological polar surface area (TPSA) is 493 Å². The Morgan fingerprint density at radius 1 is 0.348 bits per heavy atom. The molecule has 0 spiro atoms. The minimum atomic E-state index is 0.277. The Hall–Kier alpha value is -17.2. The molecule has 0 aliphatic carbocycles. The lowest BCUT2D eigenvalue weighted by molar-refractivity contribution is 0.229. The summed E-state index contributed by atoms with van der Waals surface area (Å²) in [6.07, 6.45) is 41.9. The number of anilines is 2. The zero-order valence-electron chi connectivity index (χ0n) is 80.7. The molecule has 714 valence electrons. The van der Waals surface area contributed by atoms with Crippen LogP contribution in [0.5, 0.6) is 17.2 Å². The van der Waals surface area contributed by atoms with Crippen LogP contribution in [0, 0.1) is 56.7 Å². The minimum absolute atomic E-state index is 0.277. The maximum absolute atomic E-state index is 9.73. The first-order chi connectivity index (χ1) is 68.6. The first-order valence-electron chi connectivity index (χ1n) is 46.2. The molecular formula is C101H107N37O3. The van der Waals surface area contributed by atoms with E-state index in [9.17, 15) is 26.3 Å². The summed E-state index contributed by atoms with van der Waals surface area (Å²) in [4.78, 5) is 69.6. The van der Waals surface area contributed by atoms with Crippen LogP contribution < -0.4 is 30.2 Å². The van der Waals surface area contributed by atoms with Crippen molar-refractivity contribution in [2.24, 2.45) is 35.2 Å². The highest BCUT2D eigenvalue weighted by molar-refractivity contribution is 6.16. The number of hydrogen-bond donors (Lipinski definition) is 8. The summed E-state index contributed by atoms with van der Waals surface area (Å²) in [5.74, 6) is 1.52. The lowest BCUT2D eigenvalue weighted by Gasteiger charge is -2.32. The van der Waals surface area contributed by atoms with Crippen LogP contribution in [-0.4, -0.2) is 271 Å². The van der Waals surface area contributed by atoms with Crippen molar-refractivity contribution in [3.63, 3.8) is 0 Å². The zero-order valence-corrected chi connectivity index (χ0v) is 80.7. The number of pyridine rings is 10. The molecule has 40 nitrogen and oxygen atoms in total. The molecule has 8 N–H and O–H groups in total. The van der Waals surface area contributed by atoms with Gasteiger partial charge < -0.3 is 74.7 Å². The zero-order chi connectivity index (χ0) is 98.5. The Labute approximate surface area is 810 Å². The molecule has 0 radical (unpaired) electrons. The van der Waals surface area contributed by atoms with E-state index in [0.717, 1.165) is 268 Å². The van der Waals surface area contributed by atoms with Crippen LogP contribution in [0.2, 0.25) is 0 Å². The van der Waals surface area contributed by atoms with E-state index in [1.54, 1.807) is 79.2 Å². The van der Waals surface area contributed by atoms with Crippen molar-refractivity contribution >= 4 is 121 Å². The molecule has 20 aromatic heterocycles. The third-order valence-electron chi connectivity index (χ3n) is 24.3. The molecule has 0 amide bonds. The van der Waals surface area contributed by atoms with E-state index in [1.807, 2.05) is 171 Å². The molecule has 0 bridgehead atoms. The van der Waals surface area contributed by atoms with Crippen molar-refractivity contribution in [1.82, 2.24) is 149 Å². The lowest BCUT2D eigenvalue weighted by atomic mass is 10.0. The minimum Gasteiger partial charge on any atom is -0.490 e. The quantitative estimate of drug-likeness (QED) is 0.0211. The molecule has 20 aromatic rings. The summed E-state index contributed by atoms with van der Waals surface area (Å²) >= 11 is 0. The van der Waals surface area contributed by atoms with Crippen LogP contribution >= 0.6 is 0 Å². The van der Waals surface area contributed by atoms with Gasteiger partial charge in [-0.1, -0.05) is 6.92 Å². The number of nitrogens with one attached hydrogen (secondary N) is 8. The summed E-state index contributed by atoms with van der Waals surface area (Å²) in [5.41, 5.74) is 20.9. The van der Waals surface area contributed by atoms with Gasteiger partial charge in [0.1, 0.15) is 58.6 Å². The van der Waals surface area contributed by atoms with Gasteiger partial charge in [0.05, 0.1) is 137 Å². The van der Waals surface area contributed by atoms with Gasteiger partial charge in [-0.2, -0.15) is 51.8 Å². The Morgan fingerprint density at radius 2 is 0.631 bits per heavy atom. The Morgan fingerprint density at radius 3 is 0.922 bits per heavy atom. The van der Waals surface area contributed by atoms with E-state index >= 15 is 0 Å². The second-order valence-electron chi connectivity index (χ2n) is 35.3. The average molecular weight is 1890 g/mol. The fourth-order valence-corrected chi connectivity index (χ4v) is 17.3. The number of aromatic nitrogens is 25. The third kappa shape index (κ3) is 21.2. The standard InChI is InChI=1S/C22H24N8.C20H22N8.2C20H21N7O.C19H19N7O/c1-3-30-6-4-16(5-7-30)27-21-18(9-23)24-12-19-20(21)17-8-14(10-25-22(17)28-19)15-11-26-29(2)13-15;1-27(2)6-4-5-22-19-16(8-21)23-11-17-18(19)15-7-13(9-24-20(15)26-17)14-10-25-28(3)12-14;2*1-26(2)5-4-6-28-19-16(8-21)22-11-17-18(19)15-7-13(9-23-20(15)25-17)14-10-24-27(3)12-14;1-21-4-3-5-27-18-15(7-20)22-10-16-17(18)14-6-12(8-23-19(14)25-16)13-9-24-26(2)11-13/h8,10-13,16,27H,3-7H2,1-2H3,(H,25,28);7,9-12,22H,4-6H2,1-3H3,(H,24,26);2*7,9-12H,4-6H2,1-3H3,(H,23,25);6,8-11,21H,3-5H2,1-2H3,(H,23,25). The van der Waals surface area contributed by atoms with Crippen molar-refractivity contribution < 1.29 is 14.2 Å². The largest absolute Gasteiger partial charge is 0.490 e. The number of nitriles is 5. The third-order valence-corrected chi connectivity index (χ3v) is 24.3. The highest BCUT2D eigenvalue weighted by Crippen LogP contribution is 2.43. The van der Waals surface area contributed by atoms with Crippen LogP contribution in [0.3, 0.4) is 0 Å². The number of H-pyrrole nitrogens is 5. The fourth-order valence-electron chi connectivity index (χ4n) is 17.3. The molecule has 1 fully saturated rings. The first-order valence-corrected chi connectivity index (χ1v) is 46.2. The van der Waals surface area contributed by atoms with E-state index in [4.69, 9.17) is 14.2 Å². The van der Waals surface area contributed by atoms with Crippen molar-refractivity contribution in [2.75, 3.05) is 132 Å². The van der Waals surface area contributed by atoms with E-state index in [0.29, 0.717) is 54.5 Å². The van der Waals surface area contributed by atoms with Gasteiger partial charge >= 0.3 is 0 Å². The van der Waals surface area contributed by atoms with Gasteiger partial charge in [0, 0.05) is 229 Å². The number of ether oxygens (including phenoxy) is 3. The van der Waals surface area contributed by atoms with Gasteiger partial charge in [-0.3, -0.25) is 23.4 Å².